The Hall–Kier alpha value is -2.35. The van der Waals surface area contributed by atoms with Crippen molar-refractivity contribution < 1.29 is 33.5 Å². The van der Waals surface area contributed by atoms with E-state index in [4.69, 9.17) is 28.4 Å². The van der Waals surface area contributed by atoms with Crippen LogP contribution >= 0.6 is 0 Å². The van der Waals surface area contributed by atoms with Crippen molar-refractivity contribution in [2.24, 2.45) is 15.3 Å². The molecule has 0 amide bonds. The summed E-state index contributed by atoms with van der Waals surface area (Å²) in [6, 6.07) is -2.57. The van der Waals surface area contributed by atoms with Crippen LogP contribution in [0, 0.1) is 0 Å². The zero-order chi connectivity index (χ0) is 27.7. The lowest BCUT2D eigenvalue weighted by molar-refractivity contribution is -0.387. The highest BCUT2D eigenvalue weighted by Gasteiger charge is 2.60. The average Bonchev–Trinajstić information content (AvgIpc) is 3.33. The normalized spacial score (nSPS) is 43.4. The van der Waals surface area contributed by atoms with Gasteiger partial charge in [-0.1, -0.05) is 28.2 Å². The van der Waals surface area contributed by atoms with Gasteiger partial charge >= 0.3 is 0 Å². The SMILES string of the molecule is [N-]=[N+]=NC1[C@@H](O[C@@H]2C(N=[N+]=[N-])C[C@@H](N=[N+]=[N-])C3OC4(CCCCC4)O[C@H]32)OC2COC3(CCCCC3)O[C@H]2[C@@H]1O. The van der Waals surface area contributed by atoms with Gasteiger partial charge in [-0.15, -0.1) is 0 Å². The molecule has 3 heterocycles. The fourth-order valence-corrected chi connectivity index (χ4v) is 7.30. The molecule has 0 bridgehead atoms. The van der Waals surface area contributed by atoms with Crippen molar-refractivity contribution in [2.75, 3.05) is 6.61 Å². The van der Waals surface area contributed by atoms with Crippen molar-refractivity contribution in [2.45, 2.75) is 143 Å². The number of nitrogens with zero attached hydrogens (tertiary/aromatic N) is 9. The molecule has 6 fully saturated rings. The molecule has 6 rings (SSSR count). The molecule has 6 aliphatic rings. The van der Waals surface area contributed by atoms with Gasteiger partial charge in [0.25, 0.3) is 0 Å². The molecule has 4 unspecified atom stereocenters. The van der Waals surface area contributed by atoms with Crippen LogP contribution in [0.4, 0.5) is 0 Å². The second kappa shape index (κ2) is 11.5. The number of fused-ring (bicyclic) bond motifs is 2. The highest BCUT2D eigenvalue weighted by molar-refractivity contribution is 5.08. The van der Waals surface area contributed by atoms with Gasteiger partial charge in [0.05, 0.1) is 37.0 Å². The van der Waals surface area contributed by atoms with Crippen LogP contribution < -0.4 is 0 Å². The minimum atomic E-state index is -1.22. The zero-order valence-electron chi connectivity index (χ0n) is 22.2. The van der Waals surface area contributed by atoms with E-state index in [1.54, 1.807) is 0 Å². The Bertz CT molecular complexity index is 1080. The van der Waals surface area contributed by atoms with E-state index in [-0.39, 0.29) is 13.0 Å². The molecule has 3 aliphatic heterocycles. The standard InChI is InChI=1S/C24H35N9O7/c25-31-28-13-11-14(29-32-26)19-21(40-24(38-19)9-5-2-6-10-24)18(13)37-22-16(30-33-27)17(34)20-15(36-22)12-35-23(39-20)7-3-1-4-8-23/h13-22,34H,1-12H2/t13?,14-,15?,16?,17-,18-,19?,20-,21+,22-/m1/s1. The number of ether oxygens (including phenoxy) is 6. The lowest BCUT2D eigenvalue weighted by Gasteiger charge is -2.52. The summed E-state index contributed by atoms with van der Waals surface area (Å²) >= 11 is 0. The van der Waals surface area contributed by atoms with Gasteiger partial charge in [-0.05, 0) is 48.7 Å². The Morgan fingerprint density at radius 3 is 2.00 bits per heavy atom. The van der Waals surface area contributed by atoms with Gasteiger partial charge in [0.2, 0.25) is 0 Å². The fourth-order valence-electron chi connectivity index (χ4n) is 7.30. The maximum absolute atomic E-state index is 11.4. The Morgan fingerprint density at radius 2 is 1.32 bits per heavy atom. The molecule has 2 spiro atoms. The maximum Gasteiger partial charge on any atom is 0.169 e. The molecule has 3 aliphatic carbocycles. The first-order valence-electron chi connectivity index (χ1n) is 14.3. The van der Waals surface area contributed by atoms with Crippen LogP contribution in [-0.4, -0.2) is 84.3 Å². The summed E-state index contributed by atoms with van der Waals surface area (Å²) < 4.78 is 38.1. The van der Waals surface area contributed by atoms with Crippen LogP contribution in [0.2, 0.25) is 0 Å². The van der Waals surface area contributed by atoms with Crippen LogP contribution in [-0.2, 0) is 28.4 Å². The maximum atomic E-state index is 11.4. The third-order valence-electron chi connectivity index (χ3n) is 9.20. The third kappa shape index (κ3) is 5.10. The van der Waals surface area contributed by atoms with Crippen molar-refractivity contribution >= 4 is 0 Å². The van der Waals surface area contributed by atoms with Crippen molar-refractivity contribution in [1.29, 1.82) is 0 Å². The van der Waals surface area contributed by atoms with Crippen LogP contribution in [0.25, 0.3) is 31.3 Å². The Balaban J connectivity index is 1.27. The predicted molar refractivity (Wildman–Crippen MR) is 135 cm³/mol. The predicted octanol–water partition coefficient (Wildman–Crippen LogP) is 4.42. The first kappa shape index (κ1) is 27.8. The smallest absolute Gasteiger partial charge is 0.169 e. The van der Waals surface area contributed by atoms with E-state index in [2.05, 4.69) is 30.1 Å². The largest absolute Gasteiger partial charge is 0.390 e. The molecule has 16 heteroatoms. The molecule has 3 saturated heterocycles. The van der Waals surface area contributed by atoms with E-state index >= 15 is 0 Å². The van der Waals surface area contributed by atoms with Crippen LogP contribution in [0.1, 0.15) is 70.6 Å². The zero-order valence-corrected chi connectivity index (χ0v) is 22.2. The van der Waals surface area contributed by atoms with Gasteiger partial charge in [0, 0.05) is 40.4 Å². The van der Waals surface area contributed by atoms with Gasteiger partial charge in [-0.2, -0.15) is 0 Å². The number of aliphatic hydroxyl groups is 1. The fraction of sp³-hybridized carbons (Fsp3) is 1.00. The summed E-state index contributed by atoms with van der Waals surface area (Å²) in [5, 5.41) is 23.1. The topological polar surface area (TPSA) is 222 Å². The number of hydrogen-bond acceptors (Lipinski definition) is 10. The van der Waals surface area contributed by atoms with E-state index in [1.165, 1.54) is 0 Å². The second-order valence-corrected chi connectivity index (χ2v) is 11.6. The minimum absolute atomic E-state index is 0.168. The van der Waals surface area contributed by atoms with Gasteiger partial charge in [-0.25, -0.2) is 0 Å². The molecule has 0 aromatic rings. The summed E-state index contributed by atoms with van der Waals surface area (Å²) in [5.74, 6) is -1.62. The van der Waals surface area contributed by atoms with Gasteiger partial charge < -0.3 is 33.5 Å². The average molecular weight is 562 g/mol. The Morgan fingerprint density at radius 1 is 0.725 bits per heavy atom. The van der Waals surface area contributed by atoms with E-state index in [0.717, 1.165) is 51.4 Å². The minimum Gasteiger partial charge on any atom is -0.390 e. The monoisotopic (exact) mass is 561 g/mol. The second-order valence-electron chi connectivity index (χ2n) is 11.6. The van der Waals surface area contributed by atoms with E-state index in [9.17, 15) is 21.7 Å². The van der Waals surface area contributed by atoms with Crippen molar-refractivity contribution in [3.05, 3.63) is 31.3 Å². The lowest BCUT2D eigenvalue weighted by Crippen LogP contribution is -2.66. The van der Waals surface area contributed by atoms with Crippen LogP contribution in [0.15, 0.2) is 15.3 Å². The third-order valence-corrected chi connectivity index (χ3v) is 9.20. The van der Waals surface area contributed by atoms with Crippen LogP contribution in [0.3, 0.4) is 0 Å². The summed E-state index contributed by atoms with van der Waals surface area (Å²) in [6.07, 6.45) is 2.82. The van der Waals surface area contributed by atoms with Gasteiger partial charge in [0.15, 0.2) is 17.9 Å². The number of azide groups is 3. The molecule has 16 nitrogen and oxygen atoms in total. The molecule has 40 heavy (non-hydrogen) atoms. The van der Waals surface area contributed by atoms with Crippen molar-refractivity contribution in [3.8, 4) is 0 Å². The first-order chi connectivity index (χ1) is 19.5. The van der Waals surface area contributed by atoms with Crippen molar-refractivity contribution in [1.82, 2.24) is 0 Å². The number of aliphatic hydroxyl groups excluding tert-OH is 1. The molecular formula is C24H35N9O7. The summed E-state index contributed by atoms with van der Waals surface area (Å²) in [7, 11) is 0. The molecular weight excluding hydrogens is 526 g/mol. The summed E-state index contributed by atoms with van der Waals surface area (Å²) in [4.78, 5) is 8.94. The number of rotatable bonds is 5. The molecule has 218 valence electrons. The Kier molecular flexibility index (Phi) is 7.99. The molecule has 0 aromatic heterocycles. The molecule has 0 radical (unpaired) electrons. The number of hydrogen-bond donors (Lipinski definition) is 1. The summed E-state index contributed by atoms with van der Waals surface area (Å²) in [5.41, 5.74) is 27.9. The molecule has 10 atom stereocenters. The molecule has 1 N–H and O–H groups in total. The van der Waals surface area contributed by atoms with Gasteiger partial charge in [-0.3, -0.25) is 0 Å². The molecule has 0 aromatic carbocycles. The summed E-state index contributed by atoms with van der Waals surface area (Å²) in [6.45, 7) is 0.183. The van der Waals surface area contributed by atoms with E-state index in [0.29, 0.717) is 12.8 Å². The lowest BCUT2D eigenvalue weighted by atomic mass is 9.84. The van der Waals surface area contributed by atoms with Gasteiger partial charge in [0.1, 0.15) is 24.4 Å². The highest BCUT2D eigenvalue weighted by Crippen LogP contribution is 2.48. The van der Waals surface area contributed by atoms with E-state index in [1.807, 2.05) is 0 Å². The molecule has 3 saturated carbocycles. The first-order valence-corrected chi connectivity index (χ1v) is 14.3. The van der Waals surface area contributed by atoms with Crippen molar-refractivity contribution in [3.63, 3.8) is 0 Å². The van der Waals surface area contributed by atoms with E-state index < -0.39 is 72.6 Å². The highest BCUT2D eigenvalue weighted by atomic mass is 16.8. The van der Waals surface area contributed by atoms with Crippen LogP contribution in [0.5, 0.6) is 0 Å². The quantitative estimate of drug-likeness (QED) is 0.288. The Labute approximate surface area is 230 Å².